The van der Waals surface area contributed by atoms with Crippen molar-refractivity contribution in [3.63, 3.8) is 0 Å². The normalized spacial score (nSPS) is 12.2. The molecule has 2 aromatic rings. The third-order valence-corrected chi connectivity index (χ3v) is 5.42. The molecule has 4 heteroatoms. The zero-order valence-corrected chi connectivity index (χ0v) is 12.6. The van der Waals surface area contributed by atoms with Crippen LogP contribution in [0.1, 0.15) is 20.8 Å². The summed E-state index contributed by atoms with van der Waals surface area (Å²) >= 11 is 0. The highest BCUT2D eigenvalue weighted by atomic mass is 32.2. The van der Waals surface area contributed by atoms with Gasteiger partial charge in [0.15, 0.2) is 9.84 Å². The summed E-state index contributed by atoms with van der Waals surface area (Å²) in [6, 6.07) is 15.9. The van der Waals surface area contributed by atoms with Gasteiger partial charge in [-0.25, -0.2) is 8.42 Å². The molecule has 20 heavy (non-hydrogen) atoms. The Bertz CT molecular complexity index is 666. The number of para-hydroxylation sites is 1. The van der Waals surface area contributed by atoms with E-state index >= 15 is 0 Å². The van der Waals surface area contributed by atoms with Gasteiger partial charge in [-0.15, -0.1) is 0 Å². The zero-order valence-electron chi connectivity index (χ0n) is 11.8. The van der Waals surface area contributed by atoms with E-state index in [1.54, 1.807) is 45.0 Å². The number of hydrogen-bond acceptors (Lipinski definition) is 3. The Hall–Kier alpha value is -1.81. The van der Waals surface area contributed by atoms with E-state index in [9.17, 15) is 8.42 Å². The summed E-state index contributed by atoms with van der Waals surface area (Å²) in [6.45, 7) is 5.07. The van der Waals surface area contributed by atoms with Crippen LogP contribution in [0.4, 0.5) is 0 Å². The van der Waals surface area contributed by atoms with E-state index in [1.807, 2.05) is 30.3 Å². The zero-order chi connectivity index (χ0) is 14.8. The third kappa shape index (κ3) is 3.02. The van der Waals surface area contributed by atoms with Gasteiger partial charge in [-0.05, 0) is 57.2 Å². The first kappa shape index (κ1) is 14.6. The molecule has 0 N–H and O–H groups in total. The van der Waals surface area contributed by atoms with Crippen molar-refractivity contribution in [2.75, 3.05) is 0 Å². The molecular formula is C16H18O3S. The van der Waals surface area contributed by atoms with Crippen molar-refractivity contribution in [1.82, 2.24) is 0 Å². The number of hydrogen-bond donors (Lipinski definition) is 0. The van der Waals surface area contributed by atoms with Crippen LogP contribution in [0.2, 0.25) is 0 Å². The molecule has 0 aromatic heterocycles. The summed E-state index contributed by atoms with van der Waals surface area (Å²) in [5.74, 6) is 1.34. The van der Waals surface area contributed by atoms with Gasteiger partial charge in [0.1, 0.15) is 11.5 Å². The Morgan fingerprint density at radius 3 is 1.80 bits per heavy atom. The summed E-state index contributed by atoms with van der Waals surface area (Å²) in [7, 11) is -3.32. The summed E-state index contributed by atoms with van der Waals surface area (Å²) in [6.07, 6.45) is 0. The molecule has 2 rings (SSSR count). The molecule has 0 aliphatic rings. The van der Waals surface area contributed by atoms with Gasteiger partial charge in [0.25, 0.3) is 0 Å². The second-order valence-electron chi connectivity index (χ2n) is 5.50. The molecule has 0 saturated heterocycles. The fraction of sp³-hybridized carbons (Fsp3) is 0.250. The van der Waals surface area contributed by atoms with Gasteiger partial charge in [-0.2, -0.15) is 0 Å². The SMILES string of the molecule is CC(C)(C)S(=O)(=O)c1ccc(Oc2ccccc2)cc1. The second kappa shape index (κ2) is 5.29. The highest BCUT2D eigenvalue weighted by molar-refractivity contribution is 7.92. The Morgan fingerprint density at radius 2 is 1.30 bits per heavy atom. The largest absolute Gasteiger partial charge is 0.457 e. The fourth-order valence-electron chi connectivity index (χ4n) is 1.67. The summed E-state index contributed by atoms with van der Waals surface area (Å²) in [5, 5.41) is 0. The van der Waals surface area contributed by atoms with Crippen molar-refractivity contribution in [3.8, 4) is 11.5 Å². The molecule has 0 saturated carbocycles. The first-order valence-electron chi connectivity index (χ1n) is 6.38. The molecule has 0 aliphatic heterocycles. The molecular weight excluding hydrogens is 272 g/mol. The maximum Gasteiger partial charge on any atom is 0.183 e. The Labute approximate surface area is 120 Å². The lowest BCUT2D eigenvalue weighted by atomic mass is 10.3. The van der Waals surface area contributed by atoms with E-state index in [4.69, 9.17) is 4.74 Å². The lowest BCUT2D eigenvalue weighted by Crippen LogP contribution is -2.27. The lowest BCUT2D eigenvalue weighted by molar-refractivity contribution is 0.482. The van der Waals surface area contributed by atoms with Gasteiger partial charge in [-0.3, -0.25) is 0 Å². The molecule has 0 atom stereocenters. The van der Waals surface area contributed by atoms with E-state index in [0.717, 1.165) is 5.75 Å². The van der Waals surface area contributed by atoms with Crippen LogP contribution >= 0.6 is 0 Å². The van der Waals surface area contributed by atoms with E-state index < -0.39 is 14.6 Å². The van der Waals surface area contributed by atoms with Crippen molar-refractivity contribution >= 4 is 9.84 Å². The minimum atomic E-state index is -3.32. The number of rotatable bonds is 3. The second-order valence-corrected chi connectivity index (χ2v) is 8.21. The van der Waals surface area contributed by atoms with Crippen molar-refractivity contribution in [1.29, 1.82) is 0 Å². The van der Waals surface area contributed by atoms with Crippen LogP contribution in [0.3, 0.4) is 0 Å². The summed E-state index contributed by atoms with van der Waals surface area (Å²) in [4.78, 5) is 0.311. The average molecular weight is 290 g/mol. The monoisotopic (exact) mass is 290 g/mol. The number of sulfone groups is 1. The van der Waals surface area contributed by atoms with Gasteiger partial charge >= 0.3 is 0 Å². The van der Waals surface area contributed by atoms with E-state index in [0.29, 0.717) is 10.6 Å². The maximum absolute atomic E-state index is 12.3. The van der Waals surface area contributed by atoms with E-state index in [1.165, 1.54) is 0 Å². The van der Waals surface area contributed by atoms with Crippen molar-refractivity contribution in [2.45, 2.75) is 30.4 Å². The molecule has 0 radical (unpaired) electrons. The number of ether oxygens (including phenoxy) is 1. The van der Waals surface area contributed by atoms with Gasteiger partial charge in [-0.1, -0.05) is 18.2 Å². The van der Waals surface area contributed by atoms with Crippen molar-refractivity contribution in [3.05, 3.63) is 54.6 Å². The molecule has 106 valence electrons. The van der Waals surface area contributed by atoms with Crippen LogP contribution in [-0.2, 0) is 9.84 Å². The van der Waals surface area contributed by atoms with Crippen LogP contribution in [0.25, 0.3) is 0 Å². The predicted molar refractivity (Wildman–Crippen MR) is 79.9 cm³/mol. The third-order valence-electron chi connectivity index (χ3n) is 2.92. The van der Waals surface area contributed by atoms with Gasteiger partial charge in [0.05, 0.1) is 9.64 Å². The van der Waals surface area contributed by atoms with Gasteiger partial charge < -0.3 is 4.74 Å². The molecule has 3 nitrogen and oxygen atoms in total. The predicted octanol–water partition coefficient (Wildman–Crippen LogP) is 4.05. The minimum Gasteiger partial charge on any atom is -0.457 e. The summed E-state index contributed by atoms with van der Waals surface area (Å²) < 4.78 is 29.4. The molecule has 0 amide bonds. The Morgan fingerprint density at radius 1 is 0.800 bits per heavy atom. The molecule has 0 unspecified atom stereocenters. The summed E-state index contributed by atoms with van der Waals surface area (Å²) in [5.41, 5.74) is 0. The fourth-order valence-corrected chi connectivity index (χ4v) is 2.87. The van der Waals surface area contributed by atoms with Crippen LogP contribution in [-0.4, -0.2) is 13.2 Å². The lowest BCUT2D eigenvalue weighted by Gasteiger charge is -2.19. The average Bonchev–Trinajstić information content (AvgIpc) is 2.39. The highest BCUT2D eigenvalue weighted by Crippen LogP contribution is 2.27. The van der Waals surface area contributed by atoms with Crippen LogP contribution in [0.5, 0.6) is 11.5 Å². The van der Waals surface area contributed by atoms with Gasteiger partial charge in [0.2, 0.25) is 0 Å². The Balaban J connectivity index is 2.24. The van der Waals surface area contributed by atoms with Crippen molar-refractivity contribution in [2.24, 2.45) is 0 Å². The quantitative estimate of drug-likeness (QED) is 0.856. The van der Waals surface area contributed by atoms with E-state index in [-0.39, 0.29) is 0 Å². The van der Waals surface area contributed by atoms with Crippen LogP contribution in [0, 0.1) is 0 Å². The highest BCUT2D eigenvalue weighted by Gasteiger charge is 2.30. The smallest absolute Gasteiger partial charge is 0.183 e. The molecule has 2 aromatic carbocycles. The van der Waals surface area contributed by atoms with Crippen LogP contribution < -0.4 is 4.74 Å². The standard InChI is InChI=1S/C16H18O3S/c1-16(2,3)20(17,18)15-11-9-14(10-12-15)19-13-7-5-4-6-8-13/h4-12H,1-3H3. The number of benzene rings is 2. The minimum absolute atomic E-state index is 0.311. The maximum atomic E-state index is 12.3. The molecule has 0 aliphatic carbocycles. The van der Waals surface area contributed by atoms with E-state index in [2.05, 4.69) is 0 Å². The first-order valence-corrected chi connectivity index (χ1v) is 7.87. The van der Waals surface area contributed by atoms with Gasteiger partial charge in [0, 0.05) is 0 Å². The molecule has 0 bridgehead atoms. The van der Waals surface area contributed by atoms with Crippen molar-refractivity contribution < 1.29 is 13.2 Å². The molecule has 0 heterocycles. The molecule has 0 spiro atoms. The first-order chi connectivity index (χ1) is 9.30. The molecule has 0 fully saturated rings. The van der Waals surface area contributed by atoms with Crippen LogP contribution in [0.15, 0.2) is 59.5 Å². The Kier molecular flexibility index (Phi) is 3.86. The topological polar surface area (TPSA) is 43.4 Å².